The maximum atomic E-state index is 13.3. The molecule has 0 aromatic rings. The van der Waals surface area contributed by atoms with E-state index in [9.17, 15) is 9.59 Å². The molecule has 28 heavy (non-hydrogen) atoms. The monoisotopic (exact) mass is 384 g/mol. The van der Waals surface area contributed by atoms with Crippen LogP contribution in [0.2, 0.25) is 0 Å². The van der Waals surface area contributed by atoms with Gasteiger partial charge < -0.3 is 4.74 Å². The molecule has 6 unspecified atom stereocenters. The second kappa shape index (κ2) is 8.16. The van der Waals surface area contributed by atoms with Gasteiger partial charge in [-0.1, -0.05) is 44.4 Å². The van der Waals surface area contributed by atoms with Gasteiger partial charge in [-0.2, -0.15) is 0 Å². The Labute approximate surface area is 170 Å². The van der Waals surface area contributed by atoms with E-state index >= 15 is 0 Å². The molecule has 3 heteroatoms. The largest absolute Gasteiger partial charge is 0.462 e. The molecule has 3 aliphatic carbocycles. The summed E-state index contributed by atoms with van der Waals surface area (Å²) >= 11 is 0. The molecule has 0 N–H and O–H groups in total. The van der Waals surface area contributed by atoms with E-state index in [1.807, 2.05) is 0 Å². The molecule has 1 saturated heterocycles. The topological polar surface area (TPSA) is 43.4 Å². The Kier molecular flexibility index (Phi) is 5.81. The molecule has 4 rings (SSSR count). The van der Waals surface area contributed by atoms with Gasteiger partial charge in [0.1, 0.15) is 6.10 Å². The standard InChI is InChI=1S/C25H36O3/c1-4-17-9-6-5-8-15(2)25(27)23-13-21-19-11-7-10-18(19)16(3)12-20(21)22(23)14-24(26)28-17/h12-13,15,17-22H,4-11,14H2,1-3H3/t15-,17?,18?,19?,20?,21?,22?/m1/s1. The SMILES string of the molecule is CCC1CCCC[C@@H](C)C(=O)C2=CC3C(C=C(C)C4CCCC43)C2CC(=O)O1. The van der Waals surface area contributed by atoms with Gasteiger partial charge in [0.25, 0.3) is 0 Å². The summed E-state index contributed by atoms with van der Waals surface area (Å²) in [5.41, 5.74) is 2.44. The summed E-state index contributed by atoms with van der Waals surface area (Å²) in [5.74, 6) is 2.35. The minimum Gasteiger partial charge on any atom is -0.462 e. The highest BCUT2D eigenvalue weighted by molar-refractivity contribution is 5.98. The molecular weight excluding hydrogens is 348 g/mol. The van der Waals surface area contributed by atoms with Crippen LogP contribution in [-0.4, -0.2) is 17.9 Å². The number of rotatable bonds is 1. The maximum absolute atomic E-state index is 13.3. The molecule has 0 spiro atoms. The summed E-state index contributed by atoms with van der Waals surface area (Å²) in [6, 6.07) is 0. The Morgan fingerprint density at radius 1 is 0.964 bits per heavy atom. The van der Waals surface area contributed by atoms with E-state index in [4.69, 9.17) is 4.74 Å². The van der Waals surface area contributed by atoms with Crippen molar-refractivity contribution in [1.29, 1.82) is 0 Å². The third-order valence-corrected chi connectivity index (χ3v) is 8.07. The molecule has 0 bridgehead atoms. The van der Waals surface area contributed by atoms with Crippen molar-refractivity contribution in [3.8, 4) is 0 Å². The highest BCUT2D eigenvalue weighted by Crippen LogP contribution is 2.55. The molecule has 1 heterocycles. The van der Waals surface area contributed by atoms with Crippen LogP contribution in [0.4, 0.5) is 0 Å². The zero-order chi connectivity index (χ0) is 19.8. The molecule has 2 fully saturated rings. The average Bonchev–Trinajstić information content (AvgIpc) is 3.29. The van der Waals surface area contributed by atoms with Gasteiger partial charge in [0.05, 0.1) is 6.42 Å². The van der Waals surface area contributed by atoms with Crippen LogP contribution in [0.5, 0.6) is 0 Å². The van der Waals surface area contributed by atoms with Gasteiger partial charge in [0.2, 0.25) is 0 Å². The third kappa shape index (κ3) is 3.62. The summed E-state index contributed by atoms with van der Waals surface area (Å²) < 4.78 is 5.84. The first-order chi connectivity index (χ1) is 13.5. The highest BCUT2D eigenvalue weighted by Gasteiger charge is 2.49. The molecule has 0 aromatic carbocycles. The minimum absolute atomic E-state index is 0.0147. The lowest BCUT2D eigenvalue weighted by Gasteiger charge is -2.37. The van der Waals surface area contributed by atoms with Crippen LogP contribution in [-0.2, 0) is 14.3 Å². The zero-order valence-electron chi connectivity index (χ0n) is 17.8. The summed E-state index contributed by atoms with van der Waals surface area (Å²) in [6.07, 6.45) is 13.8. The molecule has 154 valence electrons. The number of hydrogen-bond acceptors (Lipinski definition) is 3. The van der Waals surface area contributed by atoms with Crippen molar-refractivity contribution < 1.29 is 14.3 Å². The van der Waals surface area contributed by atoms with Crippen molar-refractivity contribution in [2.45, 2.75) is 84.7 Å². The Morgan fingerprint density at radius 3 is 2.54 bits per heavy atom. The van der Waals surface area contributed by atoms with Crippen LogP contribution in [0, 0.1) is 35.5 Å². The first-order valence-corrected chi connectivity index (χ1v) is 11.6. The molecule has 3 nitrogen and oxygen atoms in total. The third-order valence-electron chi connectivity index (χ3n) is 8.07. The van der Waals surface area contributed by atoms with Crippen LogP contribution >= 0.6 is 0 Å². The molecule has 0 aromatic heterocycles. The number of carbonyl (C=O) groups is 2. The number of hydrogen-bond donors (Lipinski definition) is 0. The van der Waals surface area contributed by atoms with Crippen molar-refractivity contribution in [3.05, 3.63) is 23.3 Å². The maximum Gasteiger partial charge on any atom is 0.306 e. The molecular formula is C25H36O3. The van der Waals surface area contributed by atoms with Crippen LogP contribution in [0.25, 0.3) is 0 Å². The minimum atomic E-state index is -0.107. The number of fused-ring (bicyclic) bond motifs is 5. The lowest BCUT2D eigenvalue weighted by molar-refractivity contribution is -0.150. The molecule has 1 aliphatic heterocycles. The molecule has 7 atom stereocenters. The van der Waals surface area contributed by atoms with E-state index in [0.29, 0.717) is 35.9 Å². The van der Waals surface area contributed by atoms with Crippen molar-refractivity contribution in [1.82, 2.24) is 0 Å². The number of carbonyl (C=O) groups excluding carboxylic acids is 2. The predicted molar refractivity (Wildman–Crippen MR) is 111 cm³/mol. The predicted octanol–water partition coefficient (Wildman–Crippen LogP) is 5.64. The molecule has 4 aliphatic rings. The fourth-order valence-electron chi connectivity index (χ4n) is 6.50. The quantitative estimate of drug-likeness (QED) is 0.434. The fourth-order valence-corrected chi connectivity index (χ4v) is 6.50. The lowest BCUT2D eigenvalue weighted by Crippen LogP contribution is -2.32. The number of Topliss-reactive ketones (excluding diaryl/α,β-unsaturated/α-hetero) is 1. The zero-order valence-corrected chi connectivity index (χ0v) is 17.8. The van der Waals surface area contributed by atoms with Crippen LogP contribution in [0.1, 0.15) is 78.6 Å². The van der Waals surface area contributed by atoms with E-state index in [0.717, 1.165) is 37.7 Å². The van der Waals surface area contributed by atoms with Gasteiger partial charge in [-0.3, -0.25) is 9.59 Å². The first-order valence-electron chi connectivity index (χ1n) is 11.6. The van der Waals surface area contributed by atoms with Gasteiger partial charge in [-0.15, -0.1) is 0 Å². The van der Waals surface area contributed by atoms with Gasteiger partial charge in [0.15, 0.2) is 5.78 Å². The number of allylic oxidation sites excluding steroid dienone is 4. The number of cyclic esters (lactones) is 1. The van der Waals surface area contributed by atoms with E-state index in [2.05, 4.69) is 32.9 Å². The first kappa shape index (κ1) is 19.9. The van der Waals surface area contributed by atoms with Crippen molar-refractivity contribution in [2.75, 3.05) is 0 Å². The van der Waals surface area contributed by atoms with Crippen molar-refractivity contribution in [2.24, 2.45) is 35.5 Å². The number of ketones is 1. The molecule has 0 amide bonds. The highest BCUT2D eigenvalue weighted by atomic mass is 16.5. The van der Waals surface area contributed by atoms with Crippen molar-refractivity contribution in [3.63, 3.8) is 0 Å². The summed E-state index contributed by atoms with van der Waals surface area (Å²) in [4.78, 5) is 26.1. The molecule has 0 radical (unpaired) electrons. The number of ether oxygens (including phenoxy) is 1. The lowest BCUT2D eigenvalue weighted by atomic mass is 9.67. The van der Waals surface area contributed by atoms with Gasteiger partial charge >= 0.3 is 5.97 Å². The Bertz CT molecular complexity index is 688. The average molecular weight is 385 g/mol. The van der Waals surface area contributed by atoms with Crippen LogP contribution in [0.15, 0.2) is 23.3 Å². The normalized spacial score (nSPS) is 41.6. The summed E-state index contributed by atoms with van der Waals surface area (Å²) in [5, 5.41) is 0. The van der Waals surface area contributed by atoms with Crippen LogP contribution < -0.4 is 0 Å². The van der Waals surface area contributed by atoms with E-state index in [1.165, 1.54) is 24.8 Å². The number of esters is 1. The van der Waals surface area contributed by atoms with Gasteiger partial charge in [-0.05, 0) is 74.7 Å². The molecule has 1 saturated carbocycles. The van der Waals surface area contributed by atoms with Crippen LogP contribution in [0.3, 0.4) is 0 Å². The Balaban J connectivity index is 1.66. The van der Waals surface area contributed by atoms with Gasteiger partial charge in [0, 0.05) is 11.8 Å². The summed E-state index contributed by atoms with van der Waals surface area (Å²) in [6.45, 7) is 6.45. The van der Waals surface area contributed by atoms with Gasteiger partial charge in [-0.25, -0.2) is 0 Å². The van der Waals surface area contributed by atoms with E-state index in [1.54, 1.807) is 0 Å². The summed E-state index contributed by atoms with van der Waals surface area (Å²) in [7, 11) is 0. The fraction of sp³-hybridized carbons (Fsp3) is 0.760. The smallest absolute Gasteiger partial charge is 0.306 e. The Morgan fingerprint density at radius 2 is 1.75 bits per heavy atom. The van der Waals surface area contributed by atoms with E-state index in [-0.39, 0.29) is 23.9 Å². The second-order valence-corrected chi connectivity index (χ2v) is 9.77. The van der Waals surface area contributed by atoms with Crippen molar-refractivity contribution >= 4 is 11.8 Å². The second-order valence-electron chi connectivity index (χ2n) is 9.77. The van der Waals surface area contributed by atoms with E-state index < -0.39 is 0 Å². The Hall–Kier alpha value is -1.38.